The van der Waals surface area contributed by atoms with Crippen molar-refractivity contribution in [1.82, 2.24) is 9.62 Å². The molecule has 2 aliphatic heterocycles. The minimum atomic E-state index is -3.71. The Kier molecular flexibility index (Phi) is 6.09. The minimum Gasteiger partial charge on any atom is -0.349 e. The Morgan fingerprint density at radius 1 is 1.09 bits per heavy atom. The lowest BCUT2D eigenvalue weighted by Gasteiger charge is -2.31. The molecule has 1 atom stereocenters. The van der Waals surface area contributed by atoms with Crippen molar-refractivity contribution in [2.24, 2.45) is 5.92 Å². The number of benzene rings is 2. The minimum absolute atomic E-state index is 0.0377. The topological polar surface area (TPSA) is 86.8 Å². The number of sulfonamides is 1. The predicted octanol–water partition coefficient (Wildman–Crippen LogP) is 3.22. The summed E-state index contributed by atoms with van der Waals surface area (Å²) in [6, 6.07) is 14.6. The first-order chi connectivity index (χ1) is 15.5. The van der Waals surface area contributed by atoms with Crippen molar-refractivity contribution in [2.45, 2.75) is 50.0 Å². The number of anilines is 1. The normalized spacial score (nSPS) is 19.9. The van der Waals surface area contributed by atoms with Gasteiger partial charge in [0.1, 0.15) is 0 Å². The maximum absolute atomic E-state index is 13.3. The molecule has 2 aromatic rings. The van der Waals surface area contributed by atoms with Crippen molar-refractivity contribution >= 4 is 27.5 Å². The molecule has 4 rings (SSSR count). The van der Waals surface area contributed by atoms with Crippen LogP contribution >= 0.6 is 0 Å². The van der Waals surface area contributed by atoms with E-state index in [0.29, 0.717) is 25.9 Å². The predicted molar refractivity (Wildman–Crippen MR) is 127 cm³/mol. The molecule has 2 aromatic carbocycles. The molecular formula is C25H31N3O4S. The molecule has 1 N–H and O–H groups in total. The number of carbonyl (C=O) groups is 2. The van der Waals surface area contributed by atoms with E-state index < -0.39 is 15.4 Å². The van der Waals surface area contributed by atoms with Crippen LogP contribution in [0.25, 0.3) is 0 Å². The summed E-state index contributed by atoms with van der Waals surface area (Å²) in [6.45, 7) is 6.16. The molecular weight excluding hydrogens is 438 g/mol. The third-order valence-corrected chi connectivity index (χ3v) is 8.86. The van der Waals surface area contributed by atoms with Crippen LogP contribution in [0.2, 0.25) is 0 Å². The quantitative estimate of drug-likeness (QED) is 0.729. The SMILES string of the molecule is C[C@H](NC(=O)C1CCN(S(=O)(=O)c2ccc3c(c2)C(C)(C)C(=O)N3C)CC1)c1ccccc1. The molecule has 7 nitrogen and oxygen atoms in total. The van der Waals surface area contributed by atoms with Crippen LogP contribution in [-0.2, 0) is 25.0 Å². The summed E-state index contributed by atoms with van der Waals surface area (Å²) in [6.07, 6.45) is 0.953. The van der Waals surface area contributed by atoms with E-state index in [9.17, 15) is 18.0 Å². The van der Waals surface area contributed by atoms with Gasteiger partial charge in [0.05, 0.1) is 16.4 Å². The van der Waals surface area contributed by atoms with Crippen molar-refractivity contribution in [3.05, 3.63) is 59.7 Å². The van der Waals surface area contributed by atoms with Gasteiger partial charge in [0.2, 0.25) is 21.8 Å². The van der Waals surface area contributed by atoms with E-state index in [2.05, 4.69) is 5.32 Å². The van der Waals surface area contributed by atoms with Crippen LogP contribution in [0.15, 0.2) is 53.4 Å². The highest BCUT2D eigenvalue weighted by Crippen LogP contribution is 2.42. The fourth-order valence-electron chi connectivity index (χ4n) is 4.78. The average molecular weight is 470 g/mol. The molecule has 176 valence electrons. The Morgan fingerprint density at radius 3 is 2.36 bits per heavy atom. The molecule has 0 aliphatic carbocycles. The summed E-state index contributed by atoms with van der Waals surface area (Å²) in [5.41, 5.74) is 1.73. The maximum atomic E-state index is 13.3. The molecule has 0 aromatic heterocycles. The molecule has 2 aliphatic rings. The molecule has 8 heteroatoms. The number of nitrogens with one attached hydrogen (secondary N) is 1. The smallest absolute Gasteiger partial charge is 0.243 e. The second kappa shape index (κ2) is 8.57. The first-order valence-electron chi connectivity index (χ1n) is 11.3. The van der Waals surface area contributed by atoms with Gasteiger partial charge in [-0.3, -0.25) is 9.59 Å². The van der Waals surface area contributed by atoms with Crippen molar-refractivity contribution in [2.75, 3.05) is 25.0 Å². The Bertz CT molecular complexity index is 1170. The van der Waals surface area contributed by atoms with Crippen LogP contribution in [0.4, 0.5) is 5.69 Å². The number of likely N-dealkylation sites (N-methyl/N-ethyl adjacent to an activating group) is 1. The van der Waals surface area contributed by atoms with Gasteiger partial charge >= 0.3 is 0 Å². The summed E-state index contributed by atoms with van der Waals surface area (Å²) in [7, 11) is -2.01. The number of amides is 2. The number of hydrogen-bond donors (Lipinski definition) is 1. The average Bonchev–Trinajstić information content (AvgIpc) is 2.99. The van der Waals surface area contributed by atoms with Crippen LogP contribution in [0.1, 0.15) is 50.8 Å². The van der Waals surface area contributed by atoms with Crippen LogP contribution in [0.3, 0.4) is 0 Å². The third-order valence-electron chi connectivity index (χ3n) is 6.96. The van der Waals surface area contributed by atoms with Gasteiger partial charge in [-0.2, -0.15) is 4.31 Å². The summed E-state index contributed by atoms with van der Waals surface area (Å²) in [5.74, 6) is -0.305. The van der Waals surface area contributed by atoms with Crippen LogP contribution < -0.4 is 10.2 Å². The highest BCUT2D eigenvalue weighted by molar-refractivity contribution is 7.89. The molecule has 0 bridgehead atoms. The Hall–Kier alpha value is -2.71. The summed E-state index contributed by atoms with van der Waals surface area (Å²) in [5, 5.41) is 3.05. The lowest BCUT2D eigenvalue weighted by molar-refractivity contribution is -0.126. The van der Waals surface area contributed by atoms with Crippen molar-refractivity contribution < 1.29 is 18.0 Å². The van der Waals surface area contributed by atoms with E-state index in [-0.39, 0.29) is 28.7 Å². The summed E-state index contributed by atoms with van der Waals surface area (Å²) < 4.78 is 28.1. The molecule has 0 saturated carbocycles. The summed E-state index contributed by atoms with van der Waals surface area (Å²) >= 11 is 0. The first-order valence-corrected chi connectivity index (χ1v) is 12.8. The van der Waals surface area contributed by atoms with Crippen LogP contribution in [0.5, 0.6) is 0 Å². The molecule has 2 heterocycles. The van der Waals surface area contributed by atoms with Crippen molar-refractivity contribution in [3.63, 3.8) is 0 Å². The van der Waals surface area contributed by atoms with Gasteiger partial charge in [-0.1, -0.05) is 30.3 Å². The second-order valence-corrected chi connectivity index (χ2v) is 11.4. The molecule has 1 saturated heterocycles. The number of fused-ring (bicyclic) bond motifs is 1. The van der Waals surface area contributed by atoms with Crippen molar-refractivity contribution in [3.8, 4) is 0 Å². The molecule has 1 fully saturated rings. The molecule has 33 heavy (non-hydrogen) atoms. The van der Waals surface area contributed by atoms with E-state index in [4.69, 9.17) is 0 Å². The molecule has 0 spiro atoms. The number of rotatable bonds is 5. The Morgan fingerprint density at radius 2 is 1.73 bits per heavy atom. The van der Waals surface area contributed by atoms with Crippen molar-refractivity contribution in [1.29, 1.82) is 0 Å². The Labute approximate surface area is 195 Å². The van der Waals surface area contributed by atoms with E-state index in [1.807, 2.05) is 51.1 Å². The van der Waals surface area contributed by atoms with E-state index in [1.54, 1.807) is 30.1 Å². The van der Waals surface area contributed by atoms with Gasteiger partial charge in [0.15, 0.2) is 0 Å². The zero-order chi connectivity index (χ0) is 24.0. The highest BCUT2D eigenvalue weighted by Gasteiger charge is 2.43. The van der Waals surface area contributed by atoms with E-state index >= 15 is 0 Å². The third kappa shape index (κ3) is 4.17. The fraction of sp³-hybridized carbons (Fsp3) is 0.440. The fourth-order valence-corrected chi connectivity index (χ4v) is 6.27. The van der Waals surface area contributed by atoms with Gasteiger partial charge in [-0.15, -0.1) is 0 Å². The number of hydrogen-bond acceptors (Lipinski definition) is 4. The lowest BCUT2D eigenvalue weighted by atomic mass is 9.86. The van der Waals surface area contributed by atoms with Crippen LogP contribution in [0, 0.1) is 5.92 Å². The first kappa shape index (κ1) is 23.4. The Balaban J connectivity index is 1.43. The molecule has 2 amide bonds. The van der Waals surface area contributed by atoms with Gasteiger partial charge in [0.25, 0.3) is 0 Å². The number of carbonyl (C=O) groups excluding carboxylic acids is 2. The second-order valence-electron chi connectivity index (χ2n) is 9.49. The number of piperidine rings is 1. The zero-order valence-electron chi connectivity index (χ0n) is 19.5. The lowest BCUT2D eigenvalue weighted by Crippen LogP contribution is -2.43. The van der Waals surface area contributed by atoms with Gasteiger partial charge in [-0.25, -0.2) is 8.42 Å². The summed E-state index contributed by atoms with van der Waals surface area (Å²) in [4.78, 5) is 27.1. The van der Waals surface area contributed by atoms with Gasteiger partial charge in [-0.05, 0) is 62.9 Å². The monoisotopic (exact) mass is 469 g/mol. The zero-order valence-corrected chi connectivity index (χ0v) is 20.4. The molecule has 0 radical (unpaired) electrons. The van der Waals surface area contributed by atoms with E-state index in [0.717, 1.165) is 16.8 Å². The maximum Gasteiger partial charge on any atom is 0.243 e. The standard InChI is InChI=1S/C25H31N3O4S/c1-17(18-8-6-5-7-9-18)26-23(29)19-12-14-28(15-13-19)33(31,32)20-10-11-22-21(16-20)25(2,3)24(30)27(22)4/h5-11,16-17,19H,12-15H2,1-4H3,(H,26,29)/t17-/m0/s1. The van der Waals surface area contributed by atoms with E-state index in [1.165, 1.54) is 4.31 Å². The highest BCUT2D eigenvalue weighted by atomic mass is 32.2. The van der Waals surface area contributed by atoms with Gasteiger partial charge in [0, 0.05) is 31.7 Å². The van der Waals surface area contributed by atoms with Crippen LogP contribution in [-0.4, -0.2) is 44.7 Å². The largest absolute Gasteiger partial charge is 0.349 e. The number of nitrogens with zero attached hydrogens (tertiary/aromatic N) is 2. The molecule has 0 unspecified atom stereocenters. The van der Waals surface area contributed by atoms with Gasteiger partial charge < -0.3 is 10.2 Å².